The lowest BCUT2D eigenvalue weighted by Gasteiger charge is -2.30. The Bertz CT molecular complexity index is 1710. The highest BCUT2D eigenvalue weighted by Gasteiger charge is 2.29. The molecule has 0 aliphatic carbocycles. The van der Waals surface area contributed by atoms with Gasteiger partial charge in [-0.15, -0.1) is 0 Å². The van der Waals surface area contributed by atoms with Gasteiger partial charge >= 0.3 is 0 Å². The van der Waals surface area contributed by atoms with Crippen LogP contribution in [0.5, 0.6) is 11.5 Å². The first-order valence-corrected chi connectivity index (χ1v) is 16.5. The standard InChI is InChI=1S/C30H34NO6SSi/c1-9-38(33,34)20-14-15-22-24(18-20)31(23-13-11-10-12-21(23)28(22)32)29(37-39(7)8)19-16-25(35-5)27(30(2,3)4)26(17-19)36-6/h9-18,29H,1H2,2-8H3. The average Bonchev–Trinajstić information content (AvgIpc) is 2.90. The van der Waals surface area contributed by atoms with Crippen LogP contribution in [0.4, 0.5) is 0 Å². The summed E-state index contributed by atoms with van der Waals surface area (Å²) in [6.45, 7) is 13.8. The van der Waals surface area contributed by atoms with Crippen molar-refractivity contribution < 1.29 is 22.3 Å². The SMILES string of the molecule is C=CS(=O)(=O)c1ccc2c(=O)c3ccccc3n(C(O[Si](C)C)c3cc(OC)c(C(C)(C)C)c(OC)c3)c2c1. The molecule has 3 aromatic carbocycles. The van der Waals surface area contributed by atoms with Gasteiger partial charge in [-0.25, -0.2) is 8.42 Å². The van der Waals surface area contributed by atoms with Crippen molar-refractivity contribution in [2.45, 2.75) is 50.4 Å². The quantitative estimate of drug-likeness (QED) is 0.187. The van der Waals surface area contributed by atoms with E-state index >= 15 is 0 Å². The molecule has 205 valence electrons. The molecule has 1 atom stereocenters. The van der Waals surface area contributed by atoms with Crippen molar-refractivity contribution in [2.24, 2.45) is 0 Å². The van der Waals surface area contributed by atoms with Crippen LogP contribution in [-0.2, 0) is 19.7 Å². The molecular weight excluding hydrogens is 530 g/mol. The van der Waals surface area contributed by atoms with E-state index in [1.54, 1.807) is 26.4 Å². The van der Waals surface area contributed by atoms with E-state index in [-0.39, 0.29) is 15.7 Å². The number of hydrogen-bond acceptors (Lipinski definition) is 6. The van der Waals surface area contributed by atoms with Crippen LogP contribution in [0, 0.1) is 0 Å². The van der Waals surface area contributed by atoms with Gasteiger partial charge in [0.15, 0.2) is 21.5 Å². The zero-order valence-corrected chi connectivity index (χ0v) is 25.2. The normalized spacial score (nSPS) is 13.1. The smallest absolute Gasteiger partial charge is 0.208 e. The van der Waals surface area contributed by atoms with E-state index in [2.05, 4.69) is 27.4 Å². The summed E-state index contributed by atoms with van der Waals surface area (Å²) in [5.74, 6) is 1.30. The van der Waals surface area contributed by atoms with Crippen LogP contribution in [0.2, 0.25) is 13.1 Å². The number of methoxy groups -OCH3 is 2. The number of fused-ring (bicyclic) bond motifs is 2. The topological polar surface area (TPSA) is 83.8 Å². The molecule has 0 bridgehead atoms. The Morgan fingerprint density at radius 3 is 2.05 bits per heavy atom. The molecule has 39 heavy (non-hydrogen) atoms. The second kappa shape index (κ2) is 10.6. The fraction of sp³-hybridized carbons (Fsp3) is 0.300. The largest absolute Gasteiger partial charge is 0.496 e. The number of sulfone groups is 1. The van der Waals surface area contributed by atoms with Crippen molar-refractivity contribution in [3.8, 4) is 11.5 Å². The highest BCUT2D eigenvalue weighted by Crippen LogP contribution is 2.42. The van der Waals surface area contributed by atoms with Crippen LogP contribution in [0.1, 0.15) is 38.1 Å². The second-order valence-electron chi connectivity index (χ2n) is 10.5. The number of para-hydroxylation sites is 1. The summed E-state index contributed by atoms with van der Waals surface area (Å²) >= 11 is 0. The zero-order valence-electron chi connectivity index (χ0n) is 23.4. The summed E-state index contributed by atoms with van der Waals surface area (Å²) in [5, 5.41) is 1.80. The van der Waals surface area contributed by atoms with E-state index in [0.717, 1.165) is 16.5 Å². The van der Waals surface area contributed by atoms with Crippen LogP contribution in [0.3, 0.4) is 0 Å². The summed E-state index contributed by atoms with van der Waals surface area (Å²) in [5.41, 5.74) is 2.27. The molecule has 1 heterocycles. The van der Waals surface area contributed by atoms with Gasteiger partial charge in [0.2, 0.25) is 9.04 Å². The number of ether oxygens (including phenoxy) is 2. The minimum absolute atomic E-state index is 0.0453. The van der Waals surface area contributed by atoms with Gasteiger partial charge in [-0.2, -0.15) is 0 Å². The maximum atomic E-state index is 13.6. The third-order valence-corrected chi connectivity index (χ3v) is 8.62. The molecular formula is C30H34NO6SSi. The number of rotatable bonds is 8. The molecule has 1 unspecified atom stereocenters. The van der Waals surface area contributed by atoms with E-state index in [0.29, 0.717) is 33.3 Å². The van der Waals surface area contributed by atoms with Gasteiger partial charge in [0, 0.05) is 27.3 Å². The lowest BCUT2D eigenvalue weighted by atomic mass is 9.84. The summed E-state index contributed by atoms with van der Waals surface area (Å²) in [6, 6.07) is 15.7. The first-order chi connectivity index (χ1) is 18.3. The third kappa shape index (κ3) is 5.26. The van der Waals surface area contributed by atoms with Crippen molar-refractivity contribution in [2.75, 3.05) is 14.2 Å². The van der Waals surface area contributed by atoms with Gasteiger partial charge in [-0.3, -0.25) is 4.79 Å². The maximum Gasteiger partial charge on any atom is 0.208 e. The van der Waals surface area contributed by atoms with E-state index in [1.807, 2.05) is 48.0 Å². The molecule has 0 saturated heterocycles. The lowest BCUT2D eigenvalue weighted by molar-refractivity contribution is 0.184. The van der Waals surface area contributed by atoms with E-state index < -0.39 is 25.1 Å². The third-order valence-electron chi connectivity index (χ3n) is 6.57. The first kappa shape index (κ1) is 28.6. The van der Waals surface area contributed by atoms with Crippen molar-refractivity contribution in [3.05, 3.63) is 87.9 Å². The number of aromatic nitrogens is 1. The molecule has 0 saturated carbocycles. The number of pyridine rings is 1. The molecule has 4 aromatic rings. The van der Waals surface area contributed by atoms with Crippen molar-refractivity contribution >= 4 is 40.7 Å². The highest BCUT2D eigenvalue weighted by molar-refractivity contribution is 7.94. The van der Waals surface area contributed by atoms with Crippen molar-refractivity contribution in [1.82, 2.24) is 4.57 Å². The van der Waals surface area contributed by atoms with Gasteiger partial charge in [0.25, 0.3) is 0 Å². The van der Waals surface area contributed by atoms with Crippen molar-refractivity contribution in [1.29, 1.82) is 0 Å². The lowest BCUT2D eigenvalue weighted by Crippen LogP contribution is -2.24. The fourth-order valence-corrected chi connectivity index (χ4v) is 6.30. The molecule has 1 aromatic heterocycles. The molecule has 0 aliphatic rings. The fourth-order valence-electron chi connectivity index (χ4n) is 4.89. The molecule has 0 N–H and O–H groups in total. The van der Waals surface area contributed by atoms with Crippen LogP contribution in [0.15, 0.2) is 76.3 Å². The number of benzene rings is 3. The van der Waals surface area contributed by atoms with Crippen LogP contribution < -0.4 is 14.9 Å². The molecule has 0 aliphatic heterocycles. The van der Waals surface area contributed by atoms with Crippen LogP contribution in [0.25, 0.3) is 21.8 Å². The molecule has 0 fully saturated rings. The minimum Gasteiger partial charge on any atom is -0.496 e. The molecule has 7 nitrogen and oxygen atoms in total. The molecule has 1 radical (unpaired) electrons. The first-order valence-electron chi connectivity index (χ1n) is 12.5. The number of nitrogens with zero attached hydrogens (tertiary/aromatic N) is 1. The molecule has 9 heteroatoms. The Hall–Kier alpha value is -3.40. The van der Waals surface area contributed by atoms with Crippen molar-refractivity contribution in [3.63, 3.8) is 0 Å². The van der Waals surface area contributed by atoms with Crippen LogP contribution >= 0.6 is 0 Å². The molecule has 4 rings (SSSR count). The van der Waals surface area contributed by atoms with Gasteiger partial charge in [0.1, 0.15) is 11.5 Å². The van der Waals surface area contributed by atoms with E-state index in [4.69, 9.17) is 13.9 Å². The predicted molar refractivity (Wildman–Crippen MR) is 158 cm³/mol. The highest BCUT2D eigenvalue weighted by atomic mass is 32.2. The Balaban J connectivity index is 2.19. The molecule has 0 spiro atoms. The van der Waals surface area contributed by atoms with Gasteiger partial charge in [0.05, 0.1) is 30.1 Å². The van der Waals surface area contributed by atoms with Crippen LogP contribution in [-0.4, -0.2) is 36.2 Å². The van der Waals surface area contributed by atoms with Gasteiger partial charge in [-0.05, 0) is 61.0 Å². The summed E-state index contributed by atoms with van der Waals surface area (Å²) in [7, 11) is -1.82. The maximum absolute atomic E-state index is 13.6. The Labute approximate surface area is 231 Å². The summed E-state index contributed by atoms with van der Waals surface area (Å²) in [4.78, 5) is 13.6. The monoisotopic (exact) mass is 564 g/mol. The summed E-state index contributed by atoms with van der Waals surface area (Å²) in [6.07, 6.45) is -0.708. The zero-order chi connectivity index (χ0) is 28.7. The minimum atomic E-state index is -3.76. The van der Waals surface area contributed by atoms with Gasteiger partial charge in [-0.1, -0.05) is 39.5 Å². The average molecular weight is 565 g/mol. The Morgan fingerprint density at radius 2 is 1.51 bits per heavy atom. The van der Waals surface area contributed by atoms with E-state index in [9.17, 15) is 13.2 Å². The summed E-state index contributed by atoms with van der Waals surface area (Å²) < 4.78 is 45.7. The second-order valence-corrected chi connectivity index (χ2v) is 14.5. The van der Waals surface area contributed by atoms with Gasteiger partial charge < -0.3 is 18.5 Å². The number of hydrogen-bond donors (Lipinski definition) is 0. The predicted octanol–water partition coefficient (Wildman–Crippen LogP) is 6.20. The molecule has 0 amide bonds. The Kier molecular flexibility index (Phi) is 7.80. The Morgan fingerprint density at radius 1 is 0.923 bits per heavy atom. The van der Waals surface area contributed by atoms with E-state index in [1.165, 1.54) is 12.1 Å².